The SMILES string of the molecule is Cc1[nH]ncc1S(=O)(=O)N1CCC[C@@H](C(=O)O)C1. The second-order valence-corrected chi connectivity index (χ2v) is 6.31. The van der Waals surface area contributed by atoms with E-state index in [1.165, 1.54) is 10.5 Å². The summed E-state index contributed by atoms with van der Waals surface area (Å²) in [5, 5.41) is 15.2. The smallest absolute Gasteiger partial charge is 0.307 e. The Morgan fingerprint density at radius 3 is 2.89 bits per heavy atom. The summed E-state index contributed by atoms with van der Waals surface area (Å²) in [6, 6.07) is 0. The van der Waals surface area contributed by atoms with Crippen LogP contribution in [0.5, 0.6) is 0 Å². The minimum Gasteiger partial charge on any atom is -0.481 e. The Labute approximate surface area is 105 Å². The average Bonchev–Trinajstić information content (AvgIpc) is 2.76. The molecule has 18 heavy (non-hydrogen) atoms. The Bertz CT molecular complexity index is 551. The first-order valence-corrected chi connectivity index (χ1v) is 7.10. The van der Waals surface area contributed by atoms with E-state index in [1.54, 1.807) is 6.92 Å². The monoisotopic (exact) mass is 273 g/mol. The lowest BCUT2D eigenvalue weighted by Crippen LogP contribution is -2.42. The van der Waals surface area contributed by atoms with Gasteiger partial charge in [-0.1, -0.05) is 0 Å². The zero-order valence-corrected chi connectivity index (χ0v) is 10.8. The van der Waals surface area contributed by atoms with Crippen LogP contribution in [0.3, 0.4) is 0 Å². The van der Waals surface area contributed by atoms with Gasteiger partial charge in [0.2, 0.25) is 10.0 Å². The number of hydrogen-bond acceptors (Lipinski definition) is 4. The van der Waals surface area contributed by atoms with Gasteiger partial charge in [0.25, 0.3) is 0 Å². The summed E-state index contributed by atoms with van der Waals surface area (Å²) in [5.74, 6) is -1.57. The fraction of sp³-hybridized carbons (Fsp3) is 0.600. The summed E-state index contributed by atoms with van der Waals surface area (Å²) in [7, 11) is -3.64. The molecule has 0 aromatic carbocycles. The number of aromatic amines is 1. The van der Waals surface area contributed by atoms with E-state index in [0.717, 1.165) is 0 Å². The molecule has 1 fully saturated rings. The Kier molecular flexibility index (Phi) is 3.40. The number of H-pyrrole nitrogens is 1. The number of aliphatic carboxylic acids is 1. The van der Waals surface area contributed by atoms with Crippen molar-refractivity contribution in [1.82, 2.24) is 14.5 Å². The zero-order chi connectivity index (χ0) is 13.3. The number of carboxylic acids is 1. The van der Waals surface area contributed by atoms with E-state index in [-0.39, 0.29) is 11.4 Å². The van der Waals surface area contributed by atoms with Gasteiger partial charge in [0, 0.05) is 13.1 Å². The number of piperidine rings is 1. The van der Waals surface area contributed by atoms with Crippen molar-refractivity contribution in [2.24, 2.45) is 5.92 Å². The van der Waals surface area contributed by atoms with Crippen molar-refractivity contribution in [2.45, 2.75) is 24.7 Å². The second kappa shape index (κ2) is 4.69. The Hall–Kier alpha value is -1.41. The highest BCUT2D eigenvalue weighted by molar-refractivity contribution is 7.89. The molecule has 2 heterocycles. The molecule has 1 aliphatic heterocycles. The summed E-state index contributed by atoms with van der Waals surface area (Å²) in [6.45, 7) is 2.01. The minimum absolute atomic E-state index is 0.0300. The minimum atomic E-state index is -3.64. The number of rotatable bonds is 3. The largest absolute Gasteiger partial charge is 0.481 e. The molecular weight excluding hydrogens is 258 g/mol. The molecule has 2 N–H and O–H groups in total. The van der Waals surface area contributed by atoms with Crippen LogP contribution in [0.4, 0.5) is 0 Å². The van der Waals surface area contributed by atoms with E-state index in [9.17, 15) is 13.2 Å². The number of nitrogens with one attached hydrogen (secondary N) is 1. The second-order valence-electron chi connectivity index (χ2n) is 4.40. The Morgan fingerprint density at radius 2 is 2.33 bits per heavy atom. The van der Waals surface area contributed by atoms with Crippen LogP contribution in [0.15, 0.2) is 11.1 Å². The van der Waals surface area contributed by atoms with E-state index in [0.29, 0.717) is 25.1 Å². The molecule has 0 spiro atoms. The molecule has 100 valence electrons. The van der Waals surface area contributed by atoms with E-state index in [1.807, 2.05) is 0 Å². The van der Waals surface area contributed by atoms with E-state index in [4.69, 9.17) is 5.11 Å². The number of aryl methyl sites for hydroxylation is 1. The maximum Gasteiger partial charge on any atom is 0.307 e. The van der Waals surface area contributed by atoms with Gasteiger partial charge in [-0.3, -0.25) is 9.89 Å². The van der Waals surface area contributed by atoms with Crippen LogP contribution in [-0.2, 0) is 14.8 Å². The van der Waals surface area contributed by atoms with Gasteiger partial charge >= 0.3 is 5.97 Å². The molecule has 0 bridgehead atoms. The van der Waals surface area contributed by atoms with Crippen molar-refractivity contribution in [3.63, 3.8) is 0 Å². The number of aromatic nitrogens is 2. The standard InChI is InChI=1S/C10H15N3O4S/c1-7-9(5-11-12-7)18(16,17)13-4-2-3-8(6-13)10(14)15/h5,8H,2-4,6H2,1H3,(H,11,12)(H,14,15)/t8-/m1/s1. The van der Waals surface area contributed by atoms with Crippen molar-refractivity contribution >= 4 is 16.0 Å². The molecule has 0 aliphatic carbocycles. The number of nitrogens with zero attached hydrogens (tertiary/aromatic N) is 2. The fourth-order valence-corrected chi connectivity index (χ4v) is 3.74. The lowest BCUT2D eigenvalue weighted by atomic mass is 10.0. The zero-order valence-electron chi connectivity index (χ0n) is 9.96. The molecule has 0 saturated carbocycles. The van der Waals surface area contributed by atoms with Crippen molar-refractivity contribution in [3.8, 4) is 0 Å². The van der Waals surface area contributed by atoms with Crippen LogP contribution in [0, 0.1) is 12.8 Å². The molecule has 1 atom stereocenters. The van der Waals surface area contributed by atoms with Crippen molar-refractivity contribution in [1.29, 1.82) is 0 Å². The Morgan fingerprint density at radius 1 is 1.61 bits per heavy atom. The third-order valence-corrected chi connectivity index (χ3v) is 5.11. The van der Waals surface area contributed by atoms with Crippen LogP contribution < -0.4 is 0 Å². The molecule has 8 heteroatoms. The molecule has 2 rings (SSSR count). The van der Waals surface area contributed by atoms with E-state index < -0.39 is 21.9 Å². The average molecular weight is 273 g/mol. The highest BCUT2D eigenvalue weighted by atomic mass is 32.2. The summed E-state index contributed by atoms with van der Waals surface area (Å²) in [6.07, 6.45) is 2.34. The first-order valence-electron chi connectivity index (χ1n) is 5.66. The maximum absolute atomic E-state index is 12.3. The molecule has 0 unspecified atom stereocenters. The molecule has 1 aliphatic rings. The van der Waals surface area contributed by atoms with Crippen LogP contribution in [0.1, 0.15) is 18.5 Å². The Balaban J connectivity index is 2.26. The third kappa shape index (κ3) is 2.25. The van der Waals surface area contributed by atoms with Gasteiger partial charge in [0.15, 0.2) is 0 Å². The van der Waals surface area contributed by atoms with Gasteiger partial charge < -0.3 is 5.11 Å². The van der Waals surface area contributed by atoms with E-state index >= 15 is 0 Å². The molecular formula is C10H15N3O4S. The lowest BCUT2D eigenvalue weighted by Gasteiger charge is -2.29. The van der Waals surface area contributed by atoms with Gasteiger partial charge in [0.05, 0.1) is 17.8 Å². The fourth-order valence-electron chi connectivity index (χ4n) is 2.10. The molecule has 7 nitrogen and oxygen atoms in total. The molecule has 0 radical (unpaired) electrons. The van der Waals surface area contributed by atoms with Crippen molar-refractivity contribution in [2.75, 3.05) is 13.1 Å². The van der Waals surface area contributed by atoms with Gasteiger partial charge in [-0.2, -0.15) is 9.40 Å². The number of carboxylic acid groups (broad SMARTS) is 1. The molecule has 1 aromatic heterocycles. The van der Waals surface area contributed by atoms with Gasteiger partial charge in [-0.05, 0) is 19.8 Å². The highest BCUT2D eigenvalue weighted by Gasteiger charge is 2.34. The normalized spacial score (nSPS) is 21.9. The van der Waals surface area contributed by atoms with Crippen LogP contribution >= 0.6 is 0 Å². The van der Waals surface area contributed by atoms with Gasteiger partial charge in [-0.25, -0.2) is 8.42 Å². The topological polar surface area (TPSA) is 103 Å². The molecule has 1 aromatic rings. The van der Waals surface area contributed by atoms with Crippen LogP contribution in [0.2, 0.25) is 0 Å². The molecule has 0 amide bonds. The first kappa shape index (κ1) is 13.0. The van der Waals surface area contributed by atoms with Gasteiger partial charge in [0.1, 0.15) is 4.90 Å². The lowest BCUT2D eigenvalue weighted by molar-refractivity contribution is -0.142. The predicted octanol–water partition coefficient (Wildman–Crippen LogP) is 0.203. The summed E-state index contributed by atoms with van der Waals surface area (Å²) >= 11 is 0. The summed E-state index contributed by atoms with van der Waals surface area (Å²) < 4.78 is 25.8. The molecule has 1 saturated heterocycles. The summed E-state index contributed by atoms with van der Waals surface area (Å²) in [4.78, 5) is 11.1. The number of hydrogen-bond donors (Lipinski definition) is 2. The number of carbonyl (C=O) groups is 1. The van der Waals surface area contributed by atoms with Crippen molar-refractivity contribution in [3.05, 3.63) is 11.9 Å². The van der Waals surface area contributed by atoms with Crippen LogP contribution in [0.25, 0.3) is 0 Å². The quantitative estimate of drug-likeness (QED) is 0.819. The highest BCUT2D eigenvalue weighted by Crippen LogP contribution is 2.24. The predicted molar refractivity (Wildman–Crippen MR) is 62.4 cm³/mol. The van der Waals surface area contributed by atoms with Crippen molar-refractivity contribution < 1.29 is 18.3 Å². The maximum atomic E-state index is 12.3. The third-order valence-electron chi connectivity index (χ3n) is 3.13. The van der Waals surface area contributed by atoms with Gasteiger partial charge in [-0.15, -0.1) is 0 Å². The number of sulfonamides is 1. The first-order chi connectivity index (χ1) is 8.43. The van der Waals surface area contributed by atoms with Crippen LogP contribution in [-0.4, -0.2) is 47.1 Å². The summed E-state index contributed by atoms with van der Waals surface area (Å²) in [5.41, 5.74) is 0.465. The van der Waals surface area contributed by atoms with E-state index in [2.05, 4.69) is 10.2 Å².